The largest absolute Gasteiger partial charge is 0.469 e. The summed E-state index contributed by atoms with van der Waals surface area (Å²) >= 11 is 5.19. The quantitative estimate of drug-likeness (QED) is 0.710. The first-order valence-corrected chi connectivity index (χ1v) is 5.06. The molecule has 0 N–H and O–H groups in total. The predicted molar refractivity (Wildman–Crippen MR) is 52.8 cm³/mol. The molecule has 0 spiro atoms. The summed E-state index contributed by atoms with van der Waals surface area (Å²) in [7, 11) is 1.16. The molecule has 1 aliphatic carbocycles. The molecule has 1 aliphatic rings. The van der Waals surface area contributed by atoms with E-state index in [1.807, 2.05) is 0 Å². The Labute approximate surface area is 96.4 Å². The number of hydrogen-bond donors (Lipinski definition) is 0. The van der Waals surface area contributed by atoms with Gasteiger partial charge in [-0.15, -0.1) is 0 Å². The zero-order chi connectivity index (χ0) is 12.7. The fraction of sp³-hybridized carbons (Fsp3) is 0.700. The molecule has 2 atom stereocenters. The van der Waals surface area contributed by atoms with Crippen molar-refractivity contribution in [2.45, 2.75) is 20.0 Å². The standard InChI is InChI=1S/C10H12ClF3O2/c1-9(2)6(7(9)8(15)16-3)5(4-11)10(12,13)14/h4,6-7H,1-3H3/b5-4-. The Kier molecular flexibility index (Phi) is 3.29. The summed E-state index contributed by atoms with van der Waals surface area (Å²) in [4.78, 5) is 11.3. The molecule has 1 rings (SSSR count). The van der Waals surface area contributed by atoms with Crippen molar-refractivity contribution in [1.29, 1.82) is 0 Å². The number of carbonyl (C=O) groups is 1. The number of alkyl halides is 3. The van der Waals surface area contributed by atoms with E-state index in [2.05, 4.69) is 4.74 Å². The lowest BCUT2D eigenvalue weighted by Gasteiger charge is -2.11. The second-order valence-corrected chi connectivity index (χ2v) is 4.58. The third-order valence-electron chi connectivity index (χ3n) is 3.06. The summed E-state index contributed by atoms with van der Waals surface area (Å²) in [5.41, 5.74) is -1.12. The Morgan fingerprint density at radius 2 is 1.88 bits per heavy atom. The molecule has 0 aliphatic heterocycles. The highest BCUT2D eigenvalue weighted by atomic mass is 35.5. The van der Waals surface area contributed by atoms with Crippen LogP contribution in [0.3, 0.4) is 0 Å². The zero-order valence-corrected chi connectivity index (χ0v) is 9.82. The predicted octanol–water partition coefficient (Wildman–Crippen LogP) is 3.12. The topological polar surface area (TPSA) is 26.3 Å². The summed E-state index contributed by atoms with van der Waals surface area (Å²) in [6.45, 7) is 3.18. The first kappa shape index (κ1) is 13.4. The molecule has 0 amide bonds. The van der Waals surface area contributed by atoms with Crippen molar-refractivity contribution in [3.8, 4) is 0 Å². The highest BCUT2D eigenvalue weighted by molar-refractivity contribution is 6.25. The first-order chi connectivity index (χ1) is 7.17. The van der Waals surface area contributed by atoms with Gasteiger partial charge in [-0.2, -0.15) is 13.2 Å². The van der Waals surface area contributed by atoms with Crippen molar-refractivity contribution in [2.24, 2.45) is 17.3 Å². The van der Waals surface area contributed by atoms with Crippen LogP contribution in [-0.2, 0) is 9.53 Å². The van der Waals surface area contributed by atoms with Crippen LogP contribution in [0.25, 0.3) is 0 Å². The van der Waals surface area contributed by atoms with E-state index in [1.54, 1.807) is 13.8 Å². The maximum absolute atomic E-state index is 12.6. The van der Waals surface area contributed by atoms with Crippen LogP contribution in [0.1, 0.15) is 13.8 Å². The van der Waals surface area contributed by atoms with Crippen LogP contribution in [0.2, 0.25) is 0 Å². The summed E-state index contributed by atoms with van der Waals surface area (Å²) in [5.74, 6) is -2.32. The summed E-state index contributed by atoms with van der Waals surface area (Å²) < 4.78 is 42.2. The lowest BCUT2D eigenvalue weighted by molar-refractivity contribution is -0.143. The van der Waals surface area contributed by atoms with E-state index in [0.717, 1.165) is 7.11 Å². The van der Waals surface area contributed by atoms with Gasteiger partial charge in [0, 0.05) is 17.0 Å². The van der Waals surface area contributed by atoms with Crippen LogP contribution in [0.15, 0.2) is 11.1 Å². The third-order valence-corrected chi connectivity index (χ3v) is 3.30. The molecule has 92 valence electrons. The number of methoxy groups -OCH3 is 1. The molecule has 0 aromatic carbocycles. The normalized spacial score (nSPS) is 28.8. The van der Waals surface area contributed by atoms with E-state index in [0.29, 0.717) is 5.54 Å². The van der Waals surface area contributed by atoms with Gasteiger partial charge in [-0.1, -0.05) is 25.4 Å². The average Bonchev–Trinajstić information content (AvgIpc) is 2.67. The van der Waals surface area contributed by atoms with E-state index < -0.39 is 35.0 Å². The zero-order valence-electron chi connectivity index (χ0n) is 9.06. The molecule has 1 fully saturated rings. The summed E-state index contributed by atoms with van der Waals surface area (Å²) in [5, 5.41) is 0. The van der Waals surface area contributed by atoms with E-state index >= 15 is 0 Å². The van der Waals surface area contributed by atoms with Crippen molar-refractivity contribution in [1.82, 2.24) is 0 Å². The van der Waals surface area contributed by atoms with Gasteiger partial charge in [0.15, 0.2) is 0 Å². The van der Waals surface area contributed by atoms with Crippen LogP contribution in [-0.4, -0.2) is 19.3 Å². The molecule has 6 heteroatoms. The number of esters is 1. The molecule has 2 unspecified atom stereocenters. The Balaban J connectivity index is 2.96. The van der Waals surface area contributed by atoms with Crippen LogP contribution >= 0.6 is 11.6 Å². The van der Waals surface area contributed by atoms with Gasteiger partial charge in [0.25, 0.3) is 0 Å². The van der Waals surface area contributed by atoms with Crippen molar-refractivity contribution >= 4 is 17.6 Å². The third kappa shape index (κ3) is 2.05. The average molecular weight is 257 g/mol. The SMILES string of the molecule is COC(=O)C1C(/C(=C/Cl)C(F)(F)F)C1(C)C. The number of halogens is 4. The van der Waals surface area contributed by atoms with Gasteiger partial charge in [-0.25, -0.2) is 0 Å². The van der Waals surface area contributed by atoms with Gasteiger partial charge in [0.1, 0.15) is 0 Å². The first-order valence-electron chi connectivity index (χ1n) is 4.63. The minimum Gasteiger partial charge on any atom is -0.469 e. The van der Waals surface area contributed by atoms with Crippen LogP contribution in [0.4, 0.5) is 13.2 Å². The highest BCUT2D eigenvalue weighted by Crippen LogP contribution is 2.64. The fourth-order valence-electron chi connectivity index (χ4n) is 2.09. The molecule has 1 saturated carbocycles. The second kappa shape index (κ2) is 3.95. The minimum absolute atomic E-state index is 0.509. The molecule has 0 heterocycles. The van der Waals surface area contributed by atoms with Crippen molar-refractivity contribution < 1.29 is 22.7 Å². The van der Waals surface area contributed by atoms with Crippen molar-refractivity contribution in [2.75, 3.05) is 7.11 Å². The molecule has 0 saturated heterocycles. The maximum atomic E-state index is 12.6. The monoisotopic (exact) mass is 256 g/mol. The smallest absolute Gasteiger partial charge is 0.413 e. The molecular weight excluding hydrogens is 245 g/mol. The Morgan fingerprint density at radius 3 is 2.19 bits per heavy atom. The number of hydrogen-bond acceptors (Lipinski definition) is 2. The summed E-state index contributed by atoms with van der Waals surface area (Å²) in [6, 6.07) is 0. The Bertz CT molecular complexity index is 333. The molecule has 2 nitrogen and oxygen atoms in total. The Hall–Kier alpha value is -0.710. The van der Waals surface area contributed by atoms with E-state index in [1.165, 1.54) is 0 Å². The van der Waals surface area contributed by atoms with Crippen LogP contribution in [0.5, 0.6) is 0 Å². The van der Waals surface area contributed by atoms with Gasteiger partial charge in [0.05, 0.1) is 13.0 Å². The van der Waals surface area contributed by atoms with Crippen LogP contribution in [0, 0.1) is 17.3 Å². The number of carbonyl (C=O) groups excluding carboxylic acids is 1. The lowest BCUT2D eigenvalue weighted by Crippen LogP contribution is -2.16. The maximum Gasteiger partial charge on any atom is 0.413 e. The van der Waals surface area contributed by atoms with E-state index in [4.69, 9.17) is 11.6 Å². The molecule has 0 aromatic rings. The molecule has 0 aromatic heterocycles. The second-order valence-electron chi connectivity index (χ2n) is 4.36. The molecule has 16 heavy (non-hydrogen) atoms. The van der Waals surface area contributed by atoms with Gasteiger partial charge >= 0.3 is 12.1 Å². The lowest BCUT2D eigenvalue weighted by atomic mass is 10.0. The highest BCUT2D eigenvalue weighted by Gasteiger charge is 2.67. The van der Waals surface area contributed by atoms with Gasteiger partial charge in [-0.05, 0) is 5.41 Å². The summed E-state index contributed by atoms with van der Waals surface area (Å²) in [6.07, 6.45) is -4.51. The minimum atomic E-state index is -4.51. The van der Waals surface area contributed by atoms with E-state index in [-0.39, 0.29) is 0 Å². The van der Waals surface area contributed by atoms with E-state index in [9.17, 15) is 18.0 Å². The van der Waals surface area contributed by atoms with Gasteiger partial charge in [0.2, 0.25) is 0 Å². The number of allylic oxidation sites excluding steroid dienone is 1. The number of ether oxygens (including phenoxy) is 1. The molecule has 0 radical (unpaired) electrons. The van der Waals surface area contributed by atoms with Crippen molar-refractivity contribution in [3.05, 3.63) is 11.1 Å². The fourth-order valence-corrected chi connectivity index (χ4v) is 2.35. The van der Waals surface area contributed by atoms with Crippen LogP contribution < -0.4 is 0 Å². The Morgan fingerprint density at radius 1 is 1.38 bits per heavy atom. The molecular formula is C10H12ClF3O2. The van der Waals surface area contributed by atoms with Gasteiger partial charge in [-0.3, -0.25) is 4.79 Å². The number of rotatable bonds is 2. The van der Waals surface area contributed by atoms with Crippen molar-refractivity contribution in [3.63, 3.8) is 0 Å². The molecule has 0 bridgehead atoms. The van der Waals surface area contributed by atoms with Gasteiger partial charge < -0.3 is 4.74 Å².